The summed E-state index contributed by atoms with van der Waals surface area (Å²) in [4.78, 5) is 14.6. The van der Waals surface area contributed by atoms with E-state index in [1.807, 2.05) is 0 Å². The molecule has 0 aliphatic rings. The summed E-state index contributed by atoms with van der Waals surface area (Å²) < 4.78 is 2.46. The van der Waals surface area contributed by atoms with Gasteiger partial charge in [-0.25, -0.2) is 9.50 Å². The number of halogens is 1. The van der Waals surface area contributed by atoms with Gasteiger partial charge in [0.2, 0.25) is 0 Å². The highest BCUT2D eigenvalue weighted by atomic mass is 79.9. The number of carboxylic acid groups (broad SMARTS) is 1. The highest BCUT2D eigenvalue weighted by Gasteiger charge is 2.07. The highest BCUT2D eigenvalue weighted by molar-refractivity contribution is 9.10. The summed E-state index contributed by atoms with van der Waals surface area (Å²) in [5.41, 5.74) is 1.56. The molecule has 6 heteroatoms. The second-order valence-corrected chi connectivity index (χ2v) is 4.02. The summed E-state index contributed by atoms with van der Waals surface area (Å²) >= 11 is 3.29. The van der Waals surface area contributed by atoms with Crippen molar-refractivity contribution >= 4 is 27.5 Å². The van der Waals surface area contributed by atoms with Crippen LogP contribution in [0.1, 0.15) is 12.0 Å². The van der Waals surface area contributed by atoms with Crippen molar-refractivity contribution in [3.05, 3.63) is 28.6 Å². The van der Waals surface area contributed by atoms with E-state index in [-0.39, 0.29) is 6.42 Å². The third-order valence-corrected chi connectivity index (χ3v) is 2.42. The van der Waals surface area contributed by atoms with Crippen molar-refractivity contribution in [2.24, 2.45) is 0 Å². The summed E-state index contributed by atoms with van der Waals surface area (Å²) in [6.07, 6.45) is 5.65. The zero-order valence-corrected chi connectivity index (χ0v) is 9.31. The van der Waals surface area contributed by atoms with Crippen molar-refractivity contribution in [3.8, 4) is 0 Å². The maximum absolute atomic E-state index is 10.4. The van der Waals surface area contributed by atoms with E-state index in [9.17, 15) is 4.79 Å². The fourth-order valence-electron chi connectivity index (χ4n) is 1.32. The molecule has 0 fully saturated rings. The molecule has 0 atom stereocenters. The summed E-state index contributed by atoms with van der Waals surface area (Å²) in [6, 6.07) is 0. The first-order chi connectivity index (χ1) is 7.16. The normalized spacial score (nSPS) is 10.7. The predicted molar refractivity (Wildman–Crippen MR) is 56.6 cm³/mol. The molecule has 2 rings (SSSR count). The zero-order chi connectivity index (χ0) is 10.8. The SMILES string of the molecule is O=C(O)CCc1cnn2cc(Br)cnc12. The Hall–Kier alpha value is -1.43. The van der Waals surface area contributed by atoms with Crippen molar-refractivity contribution in [2.45, 2.75) is 12.8 Å². The second-order valence-electron chi connectivity index (χ2n) is 3.10. The van der Waals surface area contributed by atoms with Gasteiger partial charge in [0, 0.05) is 24.4 Å². The molecular formula is C9H8BrN3O2. The monoisotopic (exact) mass is 269 g/mol. The fraction of sp³-hybridized carbons (Fsp3) is 0.222. The van der Waals surface area contributed by atoms with Crippen LogP contribution in [0.25, 0.3) is 5.65 Å². The number of aryl methyl sites for hydroxylation is 1. The molecule has 0 aliphatic heterocycles. The lowest BCUT2D eigenvalue weighted by Gasteiger charge is -1.96. The number of aliphatic carboxylic acids is 1. The lowest BCUT2D eigenvalue weighted by molar-refractivity contribution is -0.136. The topological polar surface area (TPSA) is 67.5 Å². The van der Waals surface area contributed by atoms with Crippen molar-refractivity contribution in [1.29, 1.82) is 0 Å². The van der Waals surface area contributed by atoms with Crippen LogP contribution in [0.5, 0.6) is 0 Å². The van der Waals surface area contributed by atoms with Crippen LogP contribution in [-0.2, 0) is 11.2 Å². The number of rotatable bonds is 3. The van der Waals surface area contributed by atoms with Crippen LogP contribution in [0.3, 0.4) is 0 Å². The number of carbonyl (C=O) groups is 1. The lowest BCUT2D eigenvalue weighted by Crippen LogP contribution is -1.98. The van der Waals surface area contributed by atoms with Gasteiger partial charge in [-0.3, -0.25) is 4.79 Å². The fourth-order valence-corrected chi connectivity index (χ4v) is 1.62. The summed E-state index contributed by atoms with van der Waals surface area (Å²) in [5, 5.41) is 12.7. The van der Waals surface area contributed by atoms with E-state index < -0.39 is 5.97 Å². The summed E-state index contributed by atoms with van der Waals surface area (Å²) in [6.45, 7) is 0. The molecule has 0 saturated heterocycles. The molecule has 2 aromatic heterocycles. The zero-order valence-electron chi connectivity index (χ0n) is 7.72. The Morgan fingerprint density at radius 2 is 2.33 bits per heavy atom. The molecule has 0 amide bonds. The van der Waals surface area contributed by atoms with E-state index in [0.717, 1.165) is 10.0 Å². The lowest BCUT2D eigenvalue weighted by atomic mass is 10.2. The smallest absolute Gasteiger partial charge is 0.303 e. The van der Waals surface area contributed by atoms with Crippen LogP contribution >= 0.6 is 15.9 Å². The van der Waals surface area contributed by atoms with Crippen LogP contribution in [0.15, 0.2) is 23.1 Å². The van der Waals surface area contributed by atoms with E-state index in [2.05, 4.69) is 26.0 Å². The first kappa shape index (κ1) is 10.1. The van der Waals surface area contributed by atoms with Gasteiger partial charge in [-0.1, -0.05) is 0 Å². The summed E-state index contributed by atoms with van der Waals surface area (Å²) in [7, 11) is 0. The van der Waals surface area contributed by atoms with Crippen molar-refractivity contribution in [3.63, 3.8) is 0 Å². The van der Waals surface area contributed by atoms with Gasteiger partial charge in [0.15, 0.2) is 5.65 Å². The average molecular weight is 270 g/mol. The number of nitrogens with zero attached hydrogens (tertiary/aromatic N) is 3. The third-order valence-electron chi connectivity index (χ3n) is 2.01. The van der Waals surface area contributed by atoms with Gasteiger partial charge in [-0.2, -0.15) is 5.10 Å². The van der Waals surface area contributed by atoms with E-state index in [4.69, 9.17) is 5.11 Å². The van der Waals surface area contributed by atoms with E-state index in [0.29, 0.717) is 12.1 Å². The van der Waals surface area contributed by atoms with Gasteiger partial charge < -0.3 is 5.11 Å². The van der Waals surface area contributed by atoms with Crippen LogP contribution in [0.2, 0.25) is 0 Å². The molecule has 5 nitrogen and oxygen atoms in total. The molecule has 0 radical (unpaired) electrons. The van der Waals surface area contributed by atoms with Gasteiger partial charge >= 0.3 is 5.97 Å². The standard InChI is InChI=1S/C9H8BrN3O2/c10-7-4-11-9-6(1-2-8(14)15)3-12-13(9)5-7/h3-5H,1-2H2,(H,14,15). The van der Waals surface area contributed by atoms with E-state index in [1.165, 1.54) is 0 Å². The molecule has 0 aromatic carbocycles. The predicted octanol–water partition coefficient (Wildman–Crippen LogP) is 1.51. The van der Waals surface area contributed by atoms with Gasteiger partial charge in [-0.05, 0) is 22.4 Å². The molecule has 0 aliphatic carbocycles. The van der Waals surface area contributed by atoms with Crippen molar-refractivity contribution in [2.75, 3.05) is 0 Å². The number of hydrogen-bond acceptors (Lipinski definition) is 3. The molecule has 0 saturated carbocycles. The molecule has 78 valence electrons. The minimum atomic E-state index is -0.813. The first-order valence-corrected chi connectivity index (χ1v) is 5.15. The minimum Gasteiger partial charge on any atom is -0.481 e. The van der Waals surface area contributed by atoms with Crippen molar-refractivity contribution in [1.82, 2.24) is 14.6 Å². The van der Waals surface area contributed by atoms with E-state index >= 15 is 0 Å². The number of aromatic nitrogens is 3. The average Bonchev–Trinajstić information content (AvgIpc) is 2.57. The first-order valence-electron chi connectivity index (χ1n) is 4.36. The molecule has 0 bridgehead atoms. The summed E-state index contributed by atoms with van der Waals surface area (Å²) in [5.74, 6) is -0.813. The van der Waals surface area contributed by atoms with Crippen LogP contribution in [-0.4, -0.2) is 25.7 Å². The van der Waals surface area contributed by atoms with Gasteiger partial charge in [0.1, 0.15) is 0 Å². The Labute approximate surface area is 93.9 Å². The molecule has 2 heterocycles. The third kappa shape index (κ3) is 2.15. The Balaban J connectivity index is 2.32. The highest BCUT2D eigenvalue weighted by Crippen LogP contribution is 2.13. The number of fused-ring (bicyclic) bond motifs is 1. The Morgan fingerprint density at radius 3 is 3.07 bits per heavy atom. The molecule has 1 N–H and O–H groups in total. The molecule has 0 unspecified atom stereocenters. The number of carboxylic acids is 1. The molecule has 15 heavy (non-hydrogen) atoms. The van der Waals surface area contributed by atoms with Gasteiger partial charge in [0.25, 0.3) is 0 Å². The Bertz CT molecular complexity index is 509. The molecular weight excluding hydrogens is 262 g/mol. The van der Waals surface area contributed by atoms with Gasteiger partial charge in [-0.15, -0.1) is 0 Å². The quantitative estimate of drug-likeness (QED) is 0.917. The Kier molecular flexibility index (Phi) is 2.68. The van der Waals surface area contributed by atoms with Crippen LogP contribution < -0.4 is 0 Å². The van der Waals surface area contributed by atoms with Crippen LogP contribution in [0, 0.1) is 0 Å². The maximum Gasteiger partial charge on any atom is 0.303 e. The minimum absolute atomic E-state index is 0.0963. The van der Waals surface area contributed by atoms with Crippen molar-refractivity contribution < 1.29 is 9.90 Å². The second kappa shape index (κ2) is 3.98. The molecule has 0 spiro atoms. The molecule has 2 aromatic rings. The van der Waals surface area contributed by atoms with Crippen LogP contribution in [0.4, 0.5) is 0 Å². The van der Waals surface area contributed by atoms with Gasteiger partial charge in [0.05, 0.1) is 10.7 Å². The number of hydrogen-bond donors (Lipinski definition) is 1. The Morgan fingerprint density at radius 1 is 1.53 bits per heavy atom. The maximum atomic E-state index is 10.4. The van der Waals surface area contributed by atoms with E-state index in [1.54, 1.807) is 23.1 Å². The largest absolute Gasteiger partial charge is 0.481 e.